The van der Waals surface area contributed by atoms with Gasteiger partial charge in [-0.25, -0.2) is 0 Å². The van der Waals surface area contributed by atoms with Crippen LogP contribution in [0, 0.1) is 6.92 Å². The van der Waals surface area contributed by atoms with E-state index in [-0.39, 0.29) is 11.9 Å². The van der Waals surface area contributed by atoms with Crippen LogP contribution in [-0.2, 0) is 4.79 Å². The van der Waals surface area contributed by atoms with Gasteiger partial charge in [-0.15, -0.1) is 0 Å². The molecule has 2 aromatic carbocycles. The number of carbonyl (C=O) groups excluding carboxylic acids is 1. The van der Waals surface area contributed by atoms with Crippen LogP contribution in [0.3, 0.4) is 0 Å². The second kappa shape index (κ2) is 10.9. The summed E-state index contributed by atoms with van der Waals surface area (Å²) in [5.74, 6) is 2.31. The van der Waals surface area contributed by atoms with Crippen molar-refractivity contribution in [3.8, 4) is 17.2 Å². The number of ether oxygens (including phenoxy) is 3. The largest absolute Gasteiger partial charge is 0.490 e. The van der Waals surface area contributed by atoms with Crippen molar-refractivity contribution in [2.75, 3.05) is 13.2 Å². The van der Waals surface area contributed by atoms with Crippen molar-refractivity contribution in [2.24, 2.45) is 0 Å². The molecule has 5 heteroatoms. The smallest absolute Gasteiger partial charge is 0.261 e. The second-order valence-corrected chi connectivity index (χ2v) is 7.76. The number of nitrogens with one attached hydrogen (secondary N) is 1. The molecule has 1 amide bonds. The van der Waals surface area contributed by atoms with Gasteiger partial charge in [-0.1, -0.05) is 32.0 Å². The summed E-state index contributed by atoms with van der Waals surface area (Å²) in [5, 5.41) is 3.04. The third kappa shape index (κ3) is 6.15. The molecule has 0 fully saturated rings. The van der Waals surface area contributed by atoms with Gasteiger partial charge in [0.05, 0.1) is 19.3 Å². The van der Waals surface area contributed by atoms with Crippen molar-refractivity contribution in [3.63, 3.8) is 0 Å². The van der Waals surface area contributed by atoms with E-state index in [0.29, 0.717) is 30.6 Å². The Morgan fingerprint density at radius 1 is 0.900 bits per heavy atom. The number of rotatable bonds is 10. The van der Waals surface area contributed by atoms with E-state index in [0.717, 1.165) is 22.4 Å². The fourth-order valence-electron chi connectivity index (χ4n) is 3.22. The minimum Gasteiger partial charge on any atom is -0.490 e. The zero-order valence-electron chi connectivity index (χ0n) is 19.2. The zero-order valence-corrected chi connectivity index (χ0v) is 19.2. The Hall–Kier alpha value is -2.69. The van der Waals surface area contributed by atoms with E-state index in [4.69, 9.17) is 14.2 Å². The summed E-state index contributed by atoms with van der Waals surface area (Å²) in [4.78, 5) is 12.8. The topological polar surface area (TPSA) is 56.8 Å². The van der Waals surface area contributed by atoms with Crippen molar-refractivity contribution in [1.82, 2.24) is 5.32 Å². The highest BCUT2D eigenvalue weighted by Gasteiger charge is 2.20. The van der Waals surface area contributed by atoms with Gasteiger partial charge in [-0.2, -0.15) is 0 Å². The summed E-state index contributed by atoms with van der Waals surface area (Å²) >= 11 is 0. The van der Waals surface area contributed by atoms with Gasteiger partial charge in [0.25, 0.3) is 5.91 Å². The molecule has 5 nitrogen and oxygen atoms in total. The summed E-state index contributed by atoms with van der Waals surface area (Å²) in [6.45, 7) is 15.0. The lowest BCUT2D eigenvalue weighted by Gasteiger charge is -2.22. The van der Waals surface area contributed by atoms with Crippen molar-refractivity contribution < 1.29 is 19.0 Å². The van der Waals surface area contributed by atoms with Gasteiger partial charge in [0.2, 0.25) is 0 Å². The summed E-state index contributed by atoms with van der Waals surface area (Å²) in [6, 6.07) is 11.7. The molecule has 2 rings (SSSR count). The van der Waals surface area contributed by atoms with Crippen molar-refractivity contribution >= 4 is 5.91 Å². The van der Waals surface area contributed by atoms with Crippen molar-refractivity contribution in [3.05, 3.63) is 53.1 Å². The van der Waals surface area contributed by atoms with E-state index < -0.39 is 6.10 Å². The molecule has 0 heterocycles. The number of benzene rings is 2. The Balaban J connectivity index is 2.10. The molecule has 30 heavy (non-hydrogen) atoms. The van der Waals surface area contributed by atoms with Crippen LogP contribution in [0.25, 0.3) is 0 Å². The van der Waals surface area contributed by atoms with Gasteiger partial charge in [0.15, 0.2) is 17.6 Å². The van der Waals surface area contributed by atoms with Crippen LogP contribution in [0.4, 0.5) is 0 Å². The Bertz CT molecular complexity index is 847. The summed E-state index contributed by atoms with van der Waals surface area (Å²) < 4.78 is 17.4. The van der Waals surface area contributed by atoms with Gasteiger partial charge < -0.3 is 19.5 Å². The Labute approximate surface area is 180 Å². The number of hydrogen-bond donors (Lipinski definition) is 1. The van der Waals surface area contributed by atoms with Gasteiger partial charge in [-0.3, -0.25) is 4.79 Å². The number of aryl methyl sites for hydroxylation is 1. The molecule has 0 aliphatic heterocycles. The molecular weight excluding hydrogens is 378 g/mol. The monoisotopic (exact) mass is 413 g/mol. The third-order valence-corrected chi connectivity index (χ3v) is 4.89. The predicted molar refractivity (Wildman–Crippen MR) is 121 cm³/mol. The lowest BCUT2D eigenvalue weighted by molar-refractivity contribution is -0.127. The first kappa shape index (κ1) is 23.6. The lowest BCUT2D eigenvalue weighted by atomic mass is 10.0. The van der Waals surface area contributed by atoms with Crippen molar-refractivity contribution in [2.45, 2.75) is 66.5 Å². The quantitative estimate of drug-likeness (QED) is 0.554. The number of hydrogen-bond acceptors (Lipinski definition) is 4. The van der Waals surface area contributed by atoms with Gasteiger partial charge in [-0.05, 0) is 75.4 Å². The average Bonchev–Trinajstić information content (AvgIpc) is 2.69. The lowest BCUT2D eigenvalue weighted by Crippen LogP contribution is -2.38. The number of carbonyl (C=O) groups is 1. The third-order valence-electron chi connectivity index (χ3n) is 4.89. The molecular formula is C25H35NO4. The highest BCUT2D eigenvalue weighted by atomic mass is 16.5. The summed E-state index contributed by atoms with van der Waals surface area (Å²) in [6.07, 6.45) is -0.610. The van der Waals surface area contributed by atoms with Gasteiger partial charge in [0, 0.05) is 0 Å². The van der Waals surface area contributed by atoms with Crippen LogP contribution in [-0.4, -0.2) is 25.2 Å². The van der Waals surface area contributed by atoms with E-state index in [2.05, 4.69) is 31.3 Å². The molecule has 0 radical (unpaired) electrons. The van der Waals surface area contributed by atoms with Crippen LogP contribution >= 0.6 is 0 Å². The van der Waals surface area contributed by atoms with E-state index in [1.54, 1.807) is 6.92 Å². The first-order chi connectivity index (χ1) is 14.3. The average molecular weight is 414 g/mol. The van der Waals surface area contributed by atoms with Crippen LogP contribution in [0.15, 0.2) is 36.4 Å². The van der Waals surface area contributed by atoms with Crippen LogP contribution in [0.5, 0.6) is 17.2 Å². The minimum absolute atomic E-state index is 0.162. The van der Waals surface area contributed by atoms with E-state index in [1.165, 1.54) is 0 Å². The molecule has 2 aromatic rings. The molecule has 0 spiro atoms. The highest BCUT2D eigenvalue weighted by molar-refractivity contribution is 5.81. The molecule has 1 N–H and O–H groups in total. The molecule has 0 bridgehead atoms. The summed E-state index contributed by atoms with van der Waals surface area (Å²) in [7, 11) is 0. The Kier molecular flexibility index (Phi) is 8.58. The summed E-state index contributed by atoms with van der Waals surface area (Å²) in [5.41, 5.74) is 3.15. The Morgan fingerprint density at radius 3 is 2.20 bits per heavy atom. The van der Waals surface area contributed by atoms with E-state index >= 15 is 0 Å². The maximum Gasteiger partial charge on any atom is 0.261 e. The maximum absolute atomic E-state index is 12.8. The van der Waals surface area contributed by atoms with Gasteiger partial charge >= 0.3 is 0 Å². The van der Waals surface area contributed by atoms with Crippen LogP contribution in [0.2, 0.25) is 0 Å². The second-order valence-electron chi connectivity index (χ2n) is 7.76. The van der Waals surface area contributed by atoms with E-state index in [9.17, 15) is 4.79 Å². The van der Waals surface area contributed by atoms with E-state index in [1.807, 2.05) is 52.0 Å². The Morgan fingerprint density at radius 2 is 1.57 bits per heavy atom. The molecule has 2 atom stereocenters. The predicted octanol–water partition coefficient (Wildman–Crippen LogP) is 5.56. The molecule has 0 saturated carbocycles. The molecule has 0 unspecified atom stereocenters. The molecule has 0 aliphatic carbocycles. The minimum atomic E-state index is -0.610. The van der Waals surface area contributed by atoms with Crippen molar-refractivity contribution in [1.29, 1.82) is 0 Å². The maximum atomic E-state index is 12.8. The zero-order chi connectivity index (χ0) is 22.3. The first-order valence-corrected chi connectivity index (χ1v) is 10.7. The fourth-order valence-corrected chi connectivity index (χ4v) is 3.22. The highest BCUT2D eigenvalue weighted by Crippen LogP contribution is 2.31. The normalized spacial score (nSPS) is 12.9. The number of amides is 1. The fraction of sp³-hybridized carbons (Fsp3) is 0.480. The molecule has 0 saturated heterocycles. The first-order valence-electron chi connectivity index (χ1n) is 10.7. The van der Waals surface area contributed by atoms with Crippen LogP contribution < -0.4 is 19.5 Å². The van der Waals surface area contributed by atoms with Crippen LogP contribution in [0.1, 0.15) is 70.2 Å². The SMILES string of the molecule is CCOc1ccc([C@@H](C)NC(=O)[C@H](C)Oc2cc(C)ccc2C(C)C)cc1OCC. The molecule has 0 aromatic heterocycles. The molecule has 164 valence electrons. The molecule has 0 aliphatic rings. The van der Waals surface area contributed by atoms with Gasteiger partial charge in [0.1, 0.15) is 5.75 Å². The standard InChI is InChI=1S/C25H35NO4/c1-8-28-22-13-11-20(15-24(22)29-9-2)18(6)26-25(27)19(7)30-23-14-17(5)10-12-21(23)16(3)4/h10-16,18-19H,8-9H2,1-7H3,(H,26,27)/t18-,19+/m1/s1.